The number of amides is 1. The molecule has 0 unspecified atom stereocenters. The number of carboxylic acids is 1. The standard InChI is InChI=1S/C14H14N2O3S/c1-8-3-4-10(5-9(8)2)13(19)16-14-15-11(7-20-14)6-12(17)18/h3-5,7H,6H2,1-2H3,(H,17,18)(H,15,16,19). The van der Waals surface area contributed by atoms with Crippen molar-refractivity contribution in [2.75, 3.05) is 5.32 Å². The Bertz CT molecular complexity index is 664. The number of hydrogen-bond donors (Lipinski definition) is 2. The molecule has 20 heavy (non-hydrogen) atoms. The van der Waals surface area contributed by atoms with Crippen LogP contribution < -0.4 is 5.32 Å². The highest BCUT2D eigenvalue weighted by molar-refractivity contribution is 7.14. The summed E-state index contributed by atoms with van der Waals surface area (Å²) < 4.78 is 0. The van der Waals surface area contributed by atoms with Gasteiger partial charge in [0, 0.05) is 10.9 Å². The third-order valence-electron chi connectivity index (χ3n) is 2.87. The molecular formula is C14H14N2O3S. The lowest BCUT2D eigenvalue weighted by Gasteiger charge is -2.04. The molecule has 0 spiro atoms. The smallest absolute Gasteiger partial charge is 0.309 e. The van der Waals surface area contributed by atoms with Gasteiger partial charge in [-0.05, 0) is 37.1 Å². The van der Waals surface area contributed by atoms with Gasteiger partial charge in [-0.25, -0.2) is 4.98 Å². The Hall–Kier alpha value is -2.21. The first-order valence-electron chi connectivity index (χ1n) is 6.00. The fourth-order valence-corrected chi connectivity index (χ4v) is 2.36. The number of rotatable bonds is 4. The summed E-state index contributed by atoms with van der Waals surface area (Å²) in [5.74, 6) is -1.19. The van der Waals surface area contributed by atoms with Crippen LogP contribution in [0.2, 0.25) is 0 Å². The molecule has 2 aromatic rings. The molecular weight excluding hydrogens is 276 g/mol. The number of nitrogens with zero attached hydrogens (tertiary/aromatic N) is 1. The predicted molar refractivity (Wildman–Crippen MR) is 77.3 cm³/mol. The first-order valence-corrected chi connectivity index (χ1v) is 6.88. The minimum atomic E-state index is -0.942. The van der Waals surface area contributed by atoms with Gasteiger partial charge in [-0.2, -0.15) is 0 Å². The van der Waals surface area contributed by atoms with Gasteiger partial charge in [0.05, 0.1) is 12.1 Å². The van der Waals surface area contributed by atoms with Crippen molar-refractivity contribution in [2.24, 2.45) is 0 Å². The zero-order chi connectivity index (χ0) is 14.7. The number of carbonyl (C=O) groups is 2. The normalized spacial score (nSPS) is 10.3. The Morgan fingerprint density at radius 1 is 1.30 bits per heavy atom. The maximum absolute atomic E-state index is 12.0. The average Bonchev–Trinajstić information content (AvgIpc) is 2.79. The molecule has 0 aliphatic heterocycles. The number of benzene rings is 1. The van der Waals surface area contributed by atoms with Crippen LogP contribution in [0.25, 0.3) is 0 Å². The molecule has 1 heterocycles. The Labute approximate surface area is 120 Å². The molecule has 1 aromatic heterocycles. The van der Waals surface area contributed by atoms with E-state index in [1.165, 1.54) is 11.3 Å². The van der Waals surface area contributed by atoms with Crippen LogP contribution in [0.4, 0.5) is 5.13 Å². The number of carbonyl (C=O) groups excluding carboxylic acids is 1. The molecule has 104 valence electrons. The molecule has 1 aromatic carbocycles. The number of nitrogens with one attached hydrogen (secondary N) is 1. The Morgan fingerprint density at radius 2 is 2.05 bits per heavy atom. The lowest BCUT2D eigenvalue weighted by Crippen LogP contribution is -2.12. The van der Waals surface area contributed by atoms with E-state index in [4.69, 9.17) is 5.11 Å². The van der Waals surface area contributed by atoms with Crippen LogP contribution in [0.1, 0.15) is 27.2 Å². The monoisotopic (exact) mass is 290 g/mol. The topological polar surface area (TPSA) is 79.3 Å². The maximum atomic E-state index is 12.0. The first-order chi connectivity index (χ1) is 9.45. The van der Waals surface area contributed by atoms with Gasteiger partial charge in [-0.3, -0.25) is 14.9 Å². The fraction of sp³-hybridized carbons (Fsp3) is 0.214. The van der Waals surface area contributed by atoms with Crippen molar-refractivity contribution in [1.29, 1.82) is 0 Å². The fourth-order valence-electron chi connectivity index (χ4n) is 1.65. The number of anilines is 1. The quantitative estimate of drug-likeness (QED) is 0.907. The van der Waals surface area contributed by atoms with E-state index in [1.807, 2.05) is 26.0 Å². The van der Waals surface area contributed by atoms with Crippen LogP contribution in [-0.2, 0) is 11.2 Å². The van der Waals surface area contributed by atoms with E-state index in [1.54, 1.807) is 11.4 Å². The van der Waals surface area contributed by atoms with E-state index in [2.05, 4.69) is 10.3 Å². The van der Waals surface area contributed by atoms with E-state index in [9.17, 15) is 9.59 Å². The SMILES string of the molecule is Cc1ccc(C(=O)Nc2nc(CC(=O)O)cs2)cc1C. The van der Waals surface area contributed by atoms with Crippen LogP contribution >= 0.6 is 11.3 Å². The third-order valence-corrected chi connectivity index (χ3v) is 3.68. The number of carboxylic acid groups (broad SMARTS) is 1. The number of aryl methyl sites for hydroxylation is 2. The lowest BCUT2D eigenvalue weighted by molar-refractivity contribution is -0.136. The van der Waals surface area contributed by atoms with Gasteiger partial charge in [-0.1, -0.05) is 6.07 Å². The first kappa shape index (κ1) is 14.2. The molecule has 0 saturated carbocycles. The molecule has 5 nitrogen and oxygen atoms in total. The van der Waals surface area contributed by atoms with Gasteiger partial charge >= 0.3 is 5.97 Å². The van der Waals surface area contributed by atoms with Gasteiger partial charge in [-0.15, -0.1) is 11.3 Å². The summed E-state index contributed by atoms with van der Waals surface area (Å²) in [6.07, 6.45) is -0.143. The van der Waals surface area contributed by atoms with Crippen molar-refractivity contribution in [2.45, 2.75) is 20.3 Å². The molecule has 0 bridgehead atoms. The number of thiazole rings is 1. The van der Waals surface area contributed by atoms with E-state index in [0.717, 1.165) is 11.1 Å². The highest BCUT2D eigenvalue weighted by Crippen LogP contribution is 2.18. The van der Waals surface area contributed by atoms with Gasteiger partial charge < -0.3 is 5.11 Å². The molecule has 0 aliphatic rings. The molecule has 0 radical (unpaired) electrons. The highest BCUT2D eigenvalue weighted by atomic mass is 32.1. The summed E-state index contributed by atoms with van der Waals surface area (Å²) in [4.78, 5) is 26.7. The van der Waals surface area contributed by atoms with Gasteiger partial charge in [0.2, 0.25) is 0 Å². The van der Waals surface area contributed by atoms with Crippen molar-refractivity contribution < 1.29 is 14.7 Å². The summed E-state index contributed by atoms with van der Waals surface area (Å²) in [5.41, 5.74) is 3.17. The van der Waals surface area contributed by atoms with Gasteiger partial charge in [0.1, 0.15) is 0 Å². The van der Waals surface area contributed by atoms with Crippen molar-refractivity contribution >= 4 is 28.3 Å². The minimum Gasteiger partial charge on any atom is -0.481 e. The molecule has 0 fully saturated rings. The zero-order valence-electron chi connectivity index (χ0n) is 11.1. The number of hydrogen-bond acceptors (Lipinski definition) is 4. The van der Waals surface area contributed by atoms with Crippen LogP contribution in [-0.4, -0.2) is 22.0 Å². The van der Waals surface area contributed by atoms with Gasteiger partial charge in [0.15, 0.2) is 5.13 Å². The summed E-state index contributed by atoms with van der Waals surface area (Å²) in [5, 5.41) is 13.4. The van der Waals surface area contributed by atoms with Crippen LogP contribution in [0.5, 0.6) is 0 Å². The summed E-state index contributed by atoms with van der Waals surface area (Å²) >= 11 is 1.22. The maximum Gasteiger partial charge on any atom is 0.309 e. The molecule has 0 atom stereocenters. The number of aromatic nitrogens is 1. The van der Waals surface area contributed by atoms with Crippen molar-refractivity contribution in [3.63, 3.8) is 0 Å². The molecule has 2 N–H and O–H groups in total. The summed E-state index contributed by atoms with van der Waals surface area (Å²) in [6, 6.07) is 5.46. The second kappa shape index (κ2) is 5.83. The second-order valence-corrected chi connectivity index (χ2v) is 5.33. The molecule has 2 rings (SSSR count). The predicted octanol–water partition coefficient (Wildman–Crippen LogP) is 2.64. The lowest BCUT2D eigenvalue weighted by atomic mass is 10.1. The van der Waals surface area contributed by atoms with Crippen molar-refractivity contribution in [1.82, 2.24) is 4.98 Å². The van der Waals surface area contributed by atoms with Gasteiger partial charge in [0.25, 0.3) is 5.91 Å². The average molecular weight is 290 g/mol. The second-order valence-electron chi connectivity index (χ2n) is 4.47. The Kier molecular flexibility index (Phi) is 4.14. The van der Waals surface area contributed by atoms with Crippen LogP contribution in [0.15, 0.2) is 23.6 Å². The van der Waals surface area contributed by atoms with Crippen molar-refractivity contribution in [3.8, 4) is 0 Å². The van der Waals surface area contributed by atoms with E-state index >= 15 is 0 Å². The Morgan fingerprint density at radius 3 is 2.70 bits per heavy atom. The van der Waals surface area contributed by atoms with Crippen molar-refractivity contribution in [3.05, 3.63) is 46.0 Å². The summed E-state index contributed by atoms with van der Waals surface area (Å²) in [6.45, 7) is 3.93. The molecule has 6 heteroatoms. The van der Waals surface area contributed by atoms with Crippen LogP contribution in [0, 0.1) is 13.8 Å². The van der Waals surface area contributed by atoms with Crippen LogP contribution in [0.3, 0.4) is 0 Å². The minimum absolute atomic E-state index is 0.143. The third kappa shape index (κ3) is 3.42. The van der Waals surface area contributed by atoms with E-state index in [0.29, 0.717) is 16.4 Å². The largest absolute Gasteiger partial charge is 0.481 e. The molecule has 0 aliphatic carbocycles. The molecule has 0 saturated heterocycles. The molecule has 1 amide bonds. The zero-order valence-corrected chi connectivity index (χ0v) is 12.0. The highest BCUT2D eigenvalue weighted by Gasteiger charge is 2.11. The van der Waals surface area contributed by atoms with E-state index < -0.39 is 5.97 Å². The number of aliphatic carboxylic acids is 1. The Balaban J connectivity index is 2.09. The summed E-state index contributed by atoms with van der Waals surface area (Å²) in [7, 11) is 0. The van der Waals surface area contributed by atoms with E-state index in [-0.39, 0.29) is 12.3 Å².